The van der Waals surface area contributed by atoms with Crippen molar-refractivity contribution in [3.63, 3.8) is 0 Å². The molecule has 2 N–H and O–H groups in total. The number of carboxylic acid groups (broad SMARTS) is 1. The molecule has 0 unspecified atom stereocenters. The Morgan fingerprint density at radius 1 is 0.466 bits per heavy atom. The van der Waals surface area contributed by atoms with Crippen molar-refractivity contribution in [1.82, 2.24) is 25.7 Å². The van der Waals surface area contributed by atoms with Gasteiger partial charge in [-0.1, -0.05) is 24.3 Å². The fourth-order valence-corrected chi connectivity index (χ4v) is 4.36. The molecular formula is C38H63N5O15. The van der Waals surface area contributed by atoms with Gasteiger partial charge in [-0.25, -0.2) is 0 Å². The van der Waals surface area contributed by atoms with Crippen molar-refractivity contribution in [3.8, 4) is 11.4 Å². The van der Waals surface area contributed by atoms with E-state index in [0.29, 0.717) is 170 Å². The van der Waals surface area contributed by atoms with Gasteiger partial charge in [0.05, 0.1) is 171 Å². The van der Waals surface area contributed by atoms with E-state index in [9.17, 15) is 9.59 Å². The van der Waals surface area contributed by atoms with Crippen molar-refractivity contribution < 1.29 is 71.5 Å². The van der Waals surface area contributed by atoms with Crippen LogP contribution in [0, 0.1) is 6.92 Å². The number of aromatic nitrogens is 4. The van der Waals surface area contributed by atoms with Crippen molar-refractivity contribution in [3.05, 3.63) is 35.7 Å². The lowest BCUT2D eigenvalue weighted by Crippen LogP contribution is -2.29. The summed E-state index contributed by atoms with van der Waals surface area (Å²) in [5.41, 5.74) is 1.66. The molecule has 1 aromatic heterocycles. The lowest BCUT2D eigenvalue weighted by Gasteiger charge is -2.09. The average molecular weight is 830 g/mol. The molecule has 0 saturated carbocycles. The number of benzene rings is 1. The van der Waals surface area contributed by atoms with E-state index < -0.39 is 5.97 Å². The fourth-order valence-electron chi connectivity index (χ4n) is 4.36. The zero-order valence-corrected chi connectivity index (χ0v) is 33.9. The molecule has 2 aromatic rings. The molecule has 0 saturated heterocycles. The number of carbonyl (C=O) groups is 2. The molecule has 20 nitrogen and oxygen atoms in total. The van der Waals surface area contributed by atoms with Gasteiger partial charge in [-0.15, -0.1) is 20.4 Å². The van der Waals surface area contributed by atoms with Gasteiger partial charge in [0.2, 0.25) is 11.7 Å². The van der Waals surface area contributed by atoms with E-state index in [1.54, 1.807) is 6.92 Å². The van der Waals surface area contributed by atoms with E-state index in [-0.39, 0.29) is 25.4 Å². The lowest BCUT2D eigenvalue weighted by molar-refractivity contribution is -0.138. The zero-order valence-electron chi connectivity index (χ0n) is 33.9. The number of nitrogens with one attached hydrogen (secondary N) is 1. The number of nitrogens with zero attached hydrogens (tertiary/aromatic N) is 4. The van der Waals surface area contributed by atoms with Crippen molar-refractivity contribution in [2.24, 2.45) is 0 Å². The number of hydrogen-bond acceptors (Lipinski definition) is 18. The summed E-state index contributed by atoms with van der Waals surface area (Å²) in [6.07, 6.45) is 0.253. The summed E-state index contributed by atoms with van der Waals surface area (Å²) in [6, 6.07) is 7.40. The Bertz CT molecular complexity index is 1250. The fraction of sp³-hybridized carbons (Fsp3) is 0.737. The first-order chi connectivity index (χ1) is 28.5. The van der Waals surface area contributed by atoms with Gasteiger partial charge in [-0.2, -0.15) is 0 Å². The first-order valence-electron chi connectivity index (χ1n) is 19.6. The maximum absolute atomic E-state index is 12.2. The molecule has 1 aromatic carbocycles. The van der Waals surface area contributed by atoms with E-state index in [1.807, 2.05) is 24.3 Å². The van der Waals surface area contributed by atoms with E-state index in [4.69, 9.17) is 61.9 Å². The highest BCUT2D eigenvalue weighted by molar-refractivity contribution is 5.78. The first-order valence-corrected chi connectivity index (χ1v) is 19.6. The molecule has 58 heavy (non-hydrogen) atoms. The highest BCUT2D eigenvalue weighted by Crippen LogP contribution is 2.14. The second-order valence-corrected chi connectivity index (χ2v) is 12.0. The van der Waals surface area contributed by atoms with Crippen molar-refractivity contribution >= 4 is 11.9 Å². The molecule has 0 aliphatic rings. The number of amides is 1. The van der Waals surface area contributed by atoms with E-state index in [2.05, 4.69) is 25.7 Å². The molecule has 0 aliphatic carbocycles. The monoisotopic (exact) mass is 829 g/mol. The van der Waals surface area contributed by atoms with Crippen LogP contribution in [0.4, 0.5) is 0 Å². The summed E-state index contributed by atoms with van der Waals surface area (Å²) in [5, 5.41) is 27.2. The molecule has 0 fully saturated rings. The van der Waals surface area contributed by atoms with Gasteiger partial charge < -0.3 is 67.3 Å². The van der Waals surface area contributed by atoms with Crippen molar-refractivity contribution in [2.75, 3.05) is 165 Å². The first kappa shape index (κ1) is 50.8. The van der Waals surface area contributed by atoms with Crippen LogP contribution in [-0.4, -0.2) is 202 Å². The number of hydrogen-bond donors (Lipinski definition) is 2. The standard InChI is InChI=1S/C38H63N5O15/c1-33-40-42-38(43-41-33)35-4-2-34(3-5-35)32-36(44)39-7-9-48-11-13-50-15-17-52-19-21-54-23-25-56-27-29-58-31-30-57-28-26-55-24-22-53-20-18-51-16-14-49-12-10-47-8-6-37(45)46/h2-5H,6-32H2,1H3,(H,39,44)(H,45,46). The minimum atomic E-state index is -0.879. The topological polar surface area (TPSA) is 229 Å². The van der Waals surface area contributed by atoms with Crippen LogP contribution in [0.1, 0.15) is 17.8 Å². The molecule has 1 heterocycles. The Morgan fingerprint density at radius 2 is 0.776 bits per heavy atom. The van der Waals surface area contributed by atoms with Gasteiger partial charge in [0.25, 0.3) is 0 Å². The molecule has 0 radical (unpaired) electrons. The number of aliphatic carboxylic acids is 1. The molecule has 20 heteroatoms. The Balaban J connectivity index is 1.18. The number of ether oxygens (including phenoxy) is 12. The number of carbonyl (C=O) groups excluding carboxylic acids is 1. The van der Waals surface area contributed by atoms with Crippen molar-refractivity contribution in [1.29, 1.82) is 0 Å². The SMILES string of the molecule is Cc1nnc(-c2ccc(CC(=O)NCCOCCOCCOCCOCCOCCOCCOCCOCCOCCOCCOCCOCCC(=O)O)cc2)nn1. The molecular weight excluding hydrogens is 766 g/mol. The predicted octanol–water partition coefficient (Wildman–Crippen LogP) is 0.575. The zero-order chi connectivity index (χ0) is 41.4. The summed E-state index contributed by atoms with van der Waals surface area (Å²) in [4.78, 5) is 22.6. The Kier molecular flexibility index (Phi) is 33.1. The molecule has 0 aliphatic heterocycles. The molecule has 330 valence electrons. The highest BCUT2D eigenvalue weighted by atomic mass is 16.6. The van der Waals surface area contributed by atoms with Gasteiger partial charge >= 0.3 is 5.97 Å². The lowest BCUT2D eigenvalue weighted by atomic mass is 10.1. The van der Waals surface area contributed by atoms with Crippen molar-refractivity contribution in [2.45, 2.75) is 19.8 Å². The van der Waals surface area contributed by atoms with Crippen LogP contribution in [0.15, 0.2) is 24.3 Å². The maximum Gasteiger partial charge on any atom is 0.305 e. The van der Waals surface area contributed by atoms with Crippen LogP contribution in [0.25, 0.3) is 11.4 Å². The highest BCUT2D eigenvalue weighted by Gasteiger charge is 2.06. The second-order valence-electron chi connectivity index (χ2n) is 12.0. The average Bonchev–Trinajstić information content (AvgIpc) is 3.22. The maximum atomic E-state index is 12.2. The minimum Gasteiger partial charge on any atom is -0.481 e. The second kappa shape index (κ2) is 37.9. The third-order valence-electron chi connectivity index (χ3n) is 7.28. The Morgan fingerprint density at radius 3 is 1.10 bits per heavy atom. The summed E-state index contributed by atoms with van der Waals surface area (Å²) in [5.74, 6) is -0.0190. The molecule has 0 bridgehead atoms. The van der Waals surface area contributed by atoms with Crippen LogP contribution >= 0.6 is 0 Å². The number of carboxylic acids is 1. The largest absolute Gasteiger partial charge is 0.481 e. The minimum absolute atomic E-state index is 0.00883. The molecule has 2 rings (SSSR count). The van der Waals surface area contributed by atoms with Crippen LogP contribution in [-0.2, 0) is 72.9 Å². The smallest absolute Gasteiger partial charge is 0.305 e. The van der Waals surface area contributed by atoms with Gasteiger partial charge in [-0.05, 0) is 12.5 Å². The van der Waals surface area contributed by atoms with Gasteiger partial charge in [0.15, 0.2) is 5.82 Å². The van der Waals surface area contributed by atoms with E-state index >= 15 is 0 Å². The van der Waals surface area contributed by atoms with E-state index in [1.165, 1.54) is 0 Å². The third-order valence-corrected chi connectivity index (χ3v) is 7.28. The summed E-state index contributed by atoms with van der Waals surface area (Å²) < 4.78 is 65.2. The summed E-state index contributed by atoms with van der Waals surface area (Å²) in [6.45, 7) is 12.8. The Hall–Kier alpha value is -3.38. The molecule has 0 atom stereocenters. The van der Waals surface area contributed by atoms with Gasteiger partial charge in [0, 0.05) is 12.1 Å². The molecule has 0 spiro atoms. The van der Waals surface area contributed by atoms with Gasteiger partial charge in [0.1, 0.15) is 0 Å². The quantitative estimate of drug-likeness (QED) is 0.0872. The summed E-state index contributed by atoms with van der Waals surface area (Å²) in [7, 11) is 0. The van der Waals surface area contributed by atoms with Crippen LogP contribution in [0.2, 0.25) is 0 Å². The Labute approximate surface area is 340 Å². The van der Waals surface area contributed by atoms with Gasteiger partial charge in [-0.3, -0.25) is 9.59 Å². The molecule has 1 amide bonds. The van der Waals surface area contributed by atoms with Crippen LogP contribution < -0.4 is 5.32 Å². The van der Waals surface area contributed by atoms with E-state index in [0.717, 1.165) is 11.1 Å². The van der Waals surface area contributed by atoms with Crippen LogP contribution in [0.3, 0.4) is 0 Å². The predicted molar refractivity (Wildman–Crippen MR) is 207 cm³/mol. The van der Waals surface area contributed by atoms with Crippen LogP contribution in [0.5, 0.6) is 0 Å². The number of rotatable bonds is 42. The number of aryl methyl sites for hydroxylation is 1. The third kappa shape index (κ3) is 31.6. The normalized spacial score (nSPS) is 11.3. The summed E-state index contributed by atoms with van der Waals surface area (Å²) >= 11 is 0.